The Hall–Kier alpha value is -1.36. The molecule has 0 aromatic carbocycles. The molecule has 1 fully saturated rings. The highest BCUT2D eigenvalue weighted by Gasteiger charge is 2.13. The minimum Gasteiger partial charge on any atom is -0.481 e. The summed E-state index contributed by atoms with van der Waals surface area (Å²) in [4.78, 5) is 19.7. The lowest BCUT2D eigenvalue weighted by atomic mass is 10.2. The Bertz CT molecular complexity index is 217. The molecule has 0 aromatic heterocycles. The van der Waals surface area contributed by atoms with Crippen LogP contribution in [0.3, 0.4) is 0 Å². The van der Waals surface area contributed by atoms with Crippen LogP contribution >= 0.6 is 0 Å². The summed E-state index contributed by atoms with van der Waals surface area (Å²) in [5.74, 6) is -2.44. The normalized spacial score (nSPS) is 18.1. The number of rotatable bonds is 3. The molecule has 0 amide bonds. The smallest absolute Gasteiger partial charge is 0.331 e. The average molecular weight is 188 g/mol. The van der Waals surface area contributed by atoms with E-state index in [4.69, 9.17) is 14.9 Å². The molecule has 1 saturated heterocycles. The van der Waals surface area contributed by atoms with Crippen molar-refractivity contribution in [2.45, 2.75) is 19.4 Å². The number of carbonyl (C=O) groups is 2. The summed E-state index contributed by atoms with van der Waals surface area (Å²) in [5, 5.41) is 16.1. The van der Waals surface area contributed by atoms with Gasteiger partial charge in [-0.25, -0.2) is 4.79 Å². The quantitative estimate of drug-likeness (QED) is 0.497. The molecule has 1 atom stereocenters. The van der Waals surface area contributed by atoms with Crippen LogP contribution in [-0.4, -0.2) is 34.9 Å². The van der Waals surface area contributed by atoms with Crippen LogP contribution in [0.15, 0.2) is 12.2 Å². The third-order valence-corrected chi connectivity index (χ3v) is 1.17. The number of carboxylic acid groups (broad SMARTS) is 2. The molecule has 74 valence electrons. The van der Waals surface area contributed by atoms with Crippen molar-refractivity contribution in [2.75, 3.05) is 6.61 Å². The topological polar surface area (TPSA) is 87.1 Å². The minimum absolute atomic E-state index is 0.303. The van der Waals surface area contributed by atoms with Crippen molar-refractivity contribution in [3.05, 3.63) is 12.2 Å². The van der Waals surface area contributed by atoms with E-state index in [0.29, 0.717) is 6.10 Å². The monoisotopic (exact) mass is 188 g/mol. The van der Waals surface area contributed by atoms with E-state index < -0.39 is 18.4 Å². The van der Waals surface area contributed by atoms with Crippen LogP contribution in [0.5, 0.6) is 0 Å². The van der Waals surface area contributed by atoms with Gasteiger partial charge in [0.15, 0.2) is 0 Å². The van der Waals surface area contributed by atoms with Crippen LogP contribution in [0.25, 0.3) is 0 Å². The maximum atomic E-state index is 9.87. The first-order valence-electron chi connectivity index (χ1n) is 3.68. The molecule has 0 aromatic rings. The van der Waals surface area contributed by atoms with E-state index in [1.54, 1.807) is 0 Å². The fourth-order valence-electron chi connectivity index (χ4n) is 0.354. The Labute approximate surface area is 75.6 Å². The van der Waals surface area contributed by atoms with Gasteiger partial charge in [-0.2, -0.15) is 0 Å². The lowest BCUT2D eigenvalue weighted by molar-refractivity contribution is -0.139. The van der Waals surface area contributed by atoms with Crippen LogP contribution in [0.4, 0.5) is 0 Å². The van der Waals surface area contributed by atoms with Gasteiger partial charge in [0.25, 0.3) is 0 Å². The zero-order valence-electron chi connectivity index (χ0n) is 7.32. The SMILES string of the molecule is C=C(CC(=O)O)C(=O)O.CC1CO1. The maximum absolute atomic E-state index is 9.87. The fraction of sp³-hybridized carbons (Fsp3) is 0.500. The Morgan fingerprint density at radius 2 is 1.92 bits per heavy atom. The zero-order chi connectivity index (χ0) is 10.4. The maximum Gasteiger partial charge on any atom is 0.331 e. The van der Waals surface area contributed by atoms with Crippen molar-refractivity contribution < 1.29 is 24.5 Å². The minimum atomic E-state index is -1.27. The molecule has 0 radical (unpaired) electrons. The van der Waals surface area contributed by atoms with Gasteiger partial charge in [0.1, 0.15) is 0 Å². The van der Waals surface area contributed by atoms with Gasteiger partial charge in [0.2, 0.25) is 0 Å². The molecule has 0 saturated carbocycles. The number of hydrogen-bond donors (Lipinski definition) is 2. The van der Waals surface area contributed by atoms with Crippen molar-refractivity contribution in [1.82, 2.24) is 0 Å². The lowest BCUT2D eigenvalue weighted by Gasteiger charge is -1.91. The Kier molecular flexibility index (Phi) is 4.76. The van der Waals surface area contributed by atoms with Crippen molar-refractivity contribution in [3.8, 4) is 0 Å². The van der Waals surface area contributed by atoms with Gasteiger partial charge in [-0.3, -0.25) is 4.79 Å². The number of carboxylic acids is 2. The number of epoxide rings is 1. The molecular weight excluding hydrogens is 176 g/mol. The molecule has 1 rings (SSSR count). The number of hydrogen-bond acceptors (Lipinski definition) is 3. The van der Waals surface area contributed by atoms with E-state index in [-0.39, 0.29) is 5.57 Å². The second-order valence-electron chi connectivity index (χ2n) is 2.62. The van der Waals surface area contributed by atoms with Crippen LogP contribution in [0.1, 0.15) is 13.3 Å². The van der Waals surface area contributed by atoms with Gasteiger partial charge in [-0.1, -0.05) is 6.58 Å². The van der Waals surface area contributed by atoms with E-state index in [9.17, 15) is 9.59 Å². The van der Waals surface area contributed by atoms with Crippen molar-refractivity contribution in [1.29, 1.82) is 0 Å². The molecule has 1 unspecified atom stereocenters. The highest BCUT2D eigenvalue weighted by atomic mass is 16.6. The fourth-order valence-corrected chi connectivity index (χ4v) is 0.354. The molecule has 1 aliphatic heterocycles. The Morgan fingerprint density at radius 3 is 2.00 bits per heavy atom. The molecule has 1 heterocycles. The van der Waals surface area contributed by atoms with Crippen LogP contribution in [0.2, 0.25) is 0 Å². The van der Waals surface area contributed by atoms with Crippen molar-refractivity contribution in [2.24, 2.45) is 0 Å². The molecule has 2 N–H and O–H groups in total. The van der Waals surface area contributed by atoms with E-state index in [1.807, 2.05) is 0 Å². The zero-order valence-corrected chi connectivity index (χ0v) is 7.32. The molecule has 0 aliphatic carbocycles. The van der Waals surface area contributed by atoms with E-state index in [2.05, 4.69) is 13.5 Å². The predicted octanol–water partition coefficient (Wildman–Crippen LogP) is 0.507. The van der Waals surface area contributed by atoms with Crippen LogP contribution in [0, 0.1) is 0 Å². The van der Waals surface area contributed by atoms with E-state index in [1.165, 1.54) is 0 Å². The molecular formula is C8H12O5. The van der Waals surface area contributed by atoms with Gasteiger partial charge < -0.3 is 14.9 Å². The van der Waals surface area contributed by atoms with Gasteiger partial charge >= 0.3 is 11.9 Å². The third kappa shape index (κ3) is 8.55. The second kappa shape index (κ2) is 5.31. The highest BCUT2D eigenvalue weighted by Crippen LogP contribution is 2.04. The molecule has 0 spiro atoms. The summed E-state index contributed by atoms with van der Waals surface area (Å²) >= 11 is 0. The highest BCUT2D eigenvalue weighted by molar-refractivity contribution is 5.91. The van der Waals surface area contributed by atoms with Crippen molar-refractivity contribution in [3.63, 3.8) is 0 Å². The van der Waals surface area contributed by atoms with Gasteiger partial charge in [0, 0.05) is 5.57 Å². The largest absolute Gasteiger partial charge is 0.481 e. The second-order valence-corrected chi connectivity index (χ2v) is 2.62. The predicted molar refractivity (Wildman–Crippen MR) is 44.4 cm³/mol. The molecule has 13 heavy (non-hydrogen) atoms. The van der Waals surface area contributed by atoms with Gasteiger partial charge in [-0.15, -0.1) is 0 Å². The first kappa shape index (κ1) is 11.6. The summed E-state index contributed by atoms with van der Waals surface area (Å²) in [7, 11) is 0. The number of aliphatic carboxylic acids is 2. The molecule has 5 nitrogen and oxygen atoms in total. The third-order valence-electron chi connectivity index (χ3n) is 1.17. The summed E-state index contributed by atoms with van der Waals surface area (Å²) in [6.07, 6.45) is 0.0787. The lowest BCUT2D eigenvalue weighted by Crippen LogP contribution is -2.04. The molecule has 0 bridgehead atoms. The first-order chi connectivity index (χ1) is 5.93. The standard InChI is InChI=1S/C5H6O4.C3H6O/c1-3(5(8)9)2-4(6)7;1-3-2-4-3/h1-2H2,(H,6,7)(H,8,9);3H,2H2,1H3. The molecule has 5 heteroatoms. The Morgan fingerprint density at radius 1 is 1.54 bits per heavy atom. The van der Waals surface area contributed by atoms with Gasteiger partial charge in [-0.05, 0) is 6.92 Å². The summed E-state index contributed by atoms with van der Waals surface area (Å²) < 4.78 is 4.71. The Balaban J connectivity index is 0.000000293. The first-order valence-corrected chi connectivity index (χ1v) is 3.68. The van der Waals surface area contributed by atoms with Gasteiger partial charge in [0.05, 0.1) is 19.1 Å². The molecule has 1 aliphatic rings. The summed E-state index contributed by atoms with van der Waals surface area (Å²) in [6, 6.07) is 0. The van der Waals surface area contributed by atoms with E-state index in [0.717, 1.165) is 6.61 Å². The average Bonchev–Trinajstić information content (AvgIpc) is 2.71. The summed E-state index contributed by atoms with van der Waals surface area (Å²) in [6.45, 7) is 6.06. The van der Waals surface area contributed by atoms with E-state index >= 15 is 0 Å². The van der Waals surface area contributed by atoms with Crippen molar-refractivity contribution >= 4 is 11.9 Å². The van der Waals surface area contributed by atoms with Crippen LogP contribution in [-0.2, 0) is 14.3 Å². The number of ether oxygens (including phenoxy) is 1. The summed E-state index contributed by atoms with van der Waals surface area (Å²) in [5.41, 5.74) is -0.303. The van der Waals surface area contributed by atoms with Crippen LogP contribution < -0.4 is 0 Å².